The molecule has 1 aliphatic rings. The molecule has 6 nitrogen and oxygen atoms in total. The number of fused-ring (bicyclic) bond motifs is 1. The van der Waals surface area contributed by atoms with Crippen LogP contribution in [0.25, 0.3) is 10.9 Å². The summed E-state index contributed by atoms with van der Waals surface area (Å²) in [6, 6.07) is 9.97. The van der Waals surface area contributed by atoms with E-state index >= 15 is 4.39 Å². The van der Waals surface area contributed by atoms with Crippen LogP contribution in [0.1, 0.15) is 72.9 Å². The molecular formula is C37H34F5NO5. The number of carboxylic acids is 2. The van der Waals surface area contributed by atoms with E-state index in [0.717, 1.165) is 18.5 Å². The highest BCUT2D eigenvalue weighted by Crippen LogP contribution is 2.51. The Hall–Kier alpha value is -4.85. The predicted molar refractivity (Wildman–Crippen MR) is 168 cm³/mol. The van der Waals surface area contributed by atoms with Gasteiger partial charge in [0, 0.05) is 46.8 Å². The first kappa shape index (κ1) is 34.5. The molecule has 0 atom stereocenters. The summed E-state index contributed by atoms with van der Waals surface area (Å²) >= 11 is 0. The molecule has 0 bridgehead atoms. The smallest absolute Gasteiger partial charge is 0.303 e. The van der Waals surface area contributed by atoms with Gasteiger partial charge in [-0.05, 0) is 99.2 Å². The van der Waals surface area contributed by atoms with Gasteiger partial charge in [-0.15, -0.1) is 0 Å². The first-order valence-electron chi connectivity index (χ1n) is 15.7. The molecule has 1 heterocycles. The van der Waals surface area contributed by atoms with Gasteiger partial charge in [0.1, 0.15) is 11.6 Å². The first-order valence-corrected chi connectivity index (χ1v) is 15.7. The predicted octanol–water partition coefficient (Wildman–Crippen LogP) is 8.11. The molecule has 0 spiro atoms. The second-order valence-corrected chi connectivity index (χ2v) is 12.3. The topological polar surface area (TPSA) is 88.8 Å². The van der Waals surface area contributed by atoms with Gasteiger partial charge in [0.05, 0.1) is 18.5 Å². The largest absolute Gasteiger partial charge is 0.494 e. The van der Waals surface area contributed by atoms with Crippen molar-refractivity contribution >= 4 is 22.8 Å². The highest BCUT2D eigenvalue weighted by molar-refractivity contribution is 5.91. The van der Waals surface area contributed by atoms with E-state index in [2.05, 4.69) is 11.8 Å². The maximum absolute atomic E-state index is 15.4. The molecule has 1 aliphatic carbocycles. The van der Waals surface area contributed by atoms with Gasteiger partial charge >= 0.3 is 11.9 Å². The van der Waals surface area contributed by atoms with E-state index in [-0.39, 0.29) is 38.4 Å². The zero-order chi connectivity index (χ0) is 34.6. The van der Waals surface area contributed by atoms with Crippen LogP contribution in [0.5, 0.6) is 5.75 Å². The molecule has 11 heteroatoms. The standard InChI is InChI=1S/C37H34F5NO5/c1-22-26(6-4-7-31(44)45)33-28(38)15-12-24(36(33)43(22)21-37(16-17-37)20-32(46)47)11-8-23-9-13-25(14-10-23)48-18-3-2-5-27-34(41)29(39)19-30(40)35(27)42/h9-10,12-15,19H,2-7,16-18,20-21H2,1H3,(H,44,45)(H,46,47). The van der Waals surface area contributed by atoms with Crippen molar-refractivity contribution in [1.29, 1.82) is 0 Å². The summed E-state index contributed by atoms with van der Waals surface area (Å²) in [5, 5.41) is 19.0. The van der Waals surface area contributed by atoms with Gasteiger partial charge in [0.2, 0.25) is 0 Å². The fraction of sp³-hybridized carbons (Fsp3) is 0.351. The molecule has 0 radical (unpaired) electrons. The van der Waals surface area contributed by atoms with Gasteiger partial charge in [-0.1, -0.05) is 11.8 Å². The molecule has 5 rings (SSSR count). The number of hydrogen-bond donors (Lipinski definition) is 2. The van der Waals surface area contributed by atoms with Crippen LogP contribution in [0.4, 0.5) is 22.0 Å². The summed E-state index contributed by atoms with van der Waals surface area (Å²) in [6.07, 6.45) is 2.51. The number of unbranched alkanes of at least 4 members (excludes halogenated alkanes) is 1. The summed E-state index contributed by atoms with van der Waals surface area (Å²) in [5.74, 6) is -1.19. The van der Waals surface area contributed by atoms with E-state index in [9.17, 15) is 32.3 Å². The van der Waals surface area contributed by atoms with Crippen LogP contribution in [0.15, 0.2) is 42.5 Å². The molecule has 0 aliphatic heterocycles. The molecule has 0 saturated heterocycles. The number of aryl methyl sites for hydroxylation is 1. The highest BCUT2D eigenvalue weighted by atomic mass is 19.2. The Balaban J connectivity index is 1.31. The molecule has 48 heavy (non-hydrogen) atoms. The molecule has 1 aromatic heterocycles. The highest BCUT2D eigenvalue weighted by Gasteiger charge is 2.45. The SMILES string of the molecule is Cc1c(CCCC(=O)O)c2c(F)ccc(C#Cc3ccc(OCCCCc4c(F)c(F)cc(F)c4F)cc3)c2n1CC1(CC(=O)O)CC1. The number of hydrogen-bond acceptors (Lipinski definition) is 3. The maximum Gasteiger partial charge on any atom is 0.303 e. The minimum atomic E-state index is -1.43. The van der Waals surface area contributed by atoms with Gasteiger partial charge in [-0.2, -0.15) is 0 Å². The van der Waals surface area contributed by atoms with Gasteiger partial charge in [0.15, 0.2) is 23.3 Å². The fourth-order valence-electron chi connectivity index (χ4n) is 6.10. The fourth-order valence-corrected chi connectivity index (χ4v) is 6.10. The number of rotatable bonds is 14. The lowest BCUT2D eigenvalue weighted by molar-refractivity contribution is -0.139. The molecule has 3 aromatic carbocycles. The Morgan fingerprint density at radius 2 is 1.50 bits per heavy atom. The van der Waals surface area contributed by atoms with Gasteiger partial charge in [0.25, 0.3) is 0 Å². The van der Waals surface area contributed by atoms with E-state index in [0.29, 0.717) is 59.2 Å². The van der Waals surface area contributed by atoms with Crippen molar-refractivity contribution < 1.29 is 46.5 Å². The van der Waals surface area contributed by atoms with Crippen LogP contribution < -0.4 is 4.74 Å². The third-order valence-corrected chi connectivity index (χ3v) is 8.82. The Morgan fingerprint density at radius 3 is 2.12 bits per heavy atom. The molecule has 2 N–H and O–H groups in total. The number of nitrogens with zero attached hydrogens (tertiary/aromatic N) is 1. The monoisotopic (exact) mass is 667 g/mol. The van der Waals surface area contributed by atoms with Crippen molar-refractivity contribution in [1.82, 2.24) is 4.57 Å². The first-order chi connectivity index (χ1) is 22.9. The Bertz CT molecular complexity index is 1890. The quantitative estimate of drug-likeness (QED) is 0.0614. The molecule has 0 amide bonds. The molecule has 252 valence electrons. The average Bonchev–Trinajstić information content (AvgIpc) is 3.74. The van der Waals surface area contributed by atoms with Gasteiger partial charge in [-0.3, -0.25) is 9.59 Å². The van der Waals surface area contributed by atoms with Crippen molar-refractivity contribution in [3.05, 3.63) is 99.5 Å². The normalized spacial score (nSPS) is 13.3. The number of aromatic nitrogens is 1. The summed E-state index contributed by atoms with van der Waals surface area (Å²) in [7, 11) is 0. The number of ether oxygens (including phenoxy) is 1. The Morgan fingerprint density at radius 1 is 0.833 bits per heavy atom. The van der Waals surface area contributed by atoms with Crippen molar-refractivity contribution in [3.8, 4) is 17.6 Å². The molecule has 1 fully saturated rings. The lowest BCUT2D eigenvalue weighted by Gasteiger charge is -2.17. The number of carbonyl (C=O) groups is 2. The third-order valence-electron chi connectivity index (χ3n) is 8.82. The minimum Gasteiger partial charge on any atom is -0.494 e. The number of halogens is 5. The van der Waals surface area contributed by atoms with Gasteiger partial charge in [-0.25, -0.2) is 22.0 Å². The summed E-state index contributed by atoms with van der Waals surface area (Å²) in [4.78, 5) is 22.8. The summed E-state index contributed by atoms with van der Waals surface area (Å²) in [5.41, 5.74) is 2.15. The Kier molecular flexibility index (Phi) is 10.4. The van der Waals surface area contributed by atoms with E-state index in [4.69, 9.17) is 9.84 Å². The van der Waals surface area contributed by atoms with Crippen LogP contribution in [0.3, 0.4) is 0 Å². The second-order valence-electron chi connectivity index (χ2n) is 12.3. The zero-order valence-electron chi connectivity index (χ0n) is 26.3. The second kappa shape index (κ2) is 14.5. The van der Waals surface area contributed by atoms with Crippen LogP contribution in [-0.4, -0.2) is 33.3 Å². The Labute approximate surface area is 274 Å². The lowest BCUT2D eigenvalue weighted by atomic mass is 10.0. The molecule has 0 unspecified atom stereocenters. The van der Waals surface area contributed by atoms with Crippen LogP contribution >= 0.6 is 0 Å². The van der Waals surface area contributed by atoms with E-state index in [1.54, 1.807) is 30.3 Å². The van der Waals surface area contributed by atoms with E-state index in [1.165, 1.54) is 6.07 Å². The van der Waals surface area contributed by atoms with Crippen LogP contribution in [0.2, 0.25) is 0 Å². The summed E-state index contributed by atoms with van der Waals surface area (Å²) in [6.45, 7) is 2.43. The zero-order valence-corrected chi connectivity index (χ0v) is 26.3. The van der Waals surface area contributed by atoms with Gasteiger partial charge < -0.3 is 19.5 Å². The number of benzene rings is 3. The molecule has 1 saturated carbocycles. The number of aliphatic carboxylic acids is 2. The van der Waals surface area contributed by atoms with Crippen LogP contribution in [-0.2, 0) is 29.0 Å². The average molecular weight is 668 g/mol. The van der Waals surface area contributed by atoms with E-state index < -0.39 is 52.0 Å². The lowest BCUT2D eigenvalue weighted by Crippen LogP contribution is -2.17. The van der Waals surface area contributed by atoms with Crippen molar-refractivity contribution in [2.24, 2.45) is 5.41 Å². The van der Waals surface area contributed by atoms with Crippen molar-refractivity contribution in [2.45, 2.75) is 71.3 Å². The minimum absolute atomic E-state index is 0.00466. The van der Waals surface area contributed by atoms with Crippen molar-refractivity contribution in [2.75, 3.05) is 6.61 Å². The van der Waals surface area contributed by atoms with Crippen molar-refractivity contribution in [3.63, 3.8) is 0 Å². The van der Waals surface area contributed by atoms with E-state index in [1.807, 2.05) is 11.5 Å². The molecule has 4 aromatic rings. The third kappa shape index (κ3) is 7.81. The maximum atomic E-state index is 15.4. The summed E-state index contributed by atoms with van der Waals surface area (Å²) < 4.78 is 77.6. The number of carboxylic acid groups (broad SMARTS) is 2. The van der Waals surface area contributed by atoms with Crippen LogP contribution in [0, 0.1) is 53.3 Å². The molecular weight excluding hydrogens is 633 g/mol.